The highest BCUT2D eigenvalue weighted by molar-refractivity contribution is 6.04. The van der Waals surface area contributed by atoms with Crippen molar-refractivity contribution in [3.8, 4) is 0 Å². The molecule has 20 heavy (non-hydrogen) atoms. The van der Waals surface area contributed by atoms with E-state index >= 15 is 0 Å². The molecule has 2 aliphatic rings. The van der Waals surface area contributed by atoms with Crippen molar-refractivity contribution in [1.29, 1.82) is 0 Å². The van der Waals surface area contributed by atoms with Gasteiger partial charge in [0.2, 0.25) is 5.91 Å². The second-order valence-electron chi connectivity index (χ2n) is 5.10. The molecule has 110 valence electrons. The van der Waals surface area contributed by atoms with Gasteiger partial charge in [0.25, 0.3) is 0 Å². The largest absolute Gasteiger partial charge is 0.468 e. The smallest absolute Gasteiger partial charge is 0.416 e. The lowest BCUT2D eigenvalue weighted by Gasteiger charge is -2.26. The van der Waals surface area contributed by atoms with Crippen LogP contribution >= 0.6 is 0 Å². The average molecular weight is 281 g/mol. The summed E-state index contributed by atoms with van der Waals surface area (Å²) in [4.78, 5) is 37.0. The zero-order valence-electron chi connectivity index (χ0n) is 11.5. The quantitative estimate of drug-likeness (QED) is 0.442. The van der Waals surface area contributed by atoms with Crippen LogP contribution in [0.3, 0.4) is 0 Å². The first kappa shape index (κ1) is 14.6. The number of ether oxygens (including phenoxy) is 2. The molecule has 0 N–H and O–H groups in total. The predicted octanol–water partition coefficient (Wildman–Crippen LogP) is 1.36. The van der Waals surface area contributed by atoms with Gasteiger partial charge < -0.3 is 9.47 Å². The van der Waals surface area contributed by atoms with Crippen molar-refractivity contribution in [2.24, 2.45) is 17.8 Å². The number of carbonyl (C=O) groups excluding carboxylic acids is 3. The molecule has 1 saturated carbocycles. The average Bonchev–Trinajstić information content (AvgIpc) is 3.07. The van der Waals surface area contributed by atoms with Crippen LogP contribution in [0.25, 0.3) is 0 Å². The molecular formula is C14H19NO5. The zero-order valence-corrected chi connectivity index (χ0v) is 11.5. The maximum atomic E-state index is 12.5. The van der Waals surface area contributed by atoms with E-state index in [0.717, 1.165) is 24.2 Å². The Bertz CT molecular complexity index is 433. The predicted molar refractivity (Wildman–Crippen MR) is 69.6 cm³/mol. The Labute approximate surface area is 117 Å². The number of esters is 1. The van der Waals surface area contributed by atoms with Gasteiger partial charge in [0.1, 0.15) is 12.5 Å². The molecule has 1 unspecified atom stereocenters. The van der Waals surface area contributed by atoms with Gasteiger partial charge in [-0.25, -0.2) is 9.69 Å². The molecule has 1 heterocycles. The van der Waals surface area contributed by atoms with Crippen molar-refractivity contribution in [2.45, 2.75) is 19.3 Å². The highest BCUT2D eigenvalue weighted by atomic mass is 16.6. The van der Waals surface area contributed by atoms with Crippen LogP contribution in [0.1, 0.15) is 19.3 Å². The Morgan fingerprint density at radius 2 is 2.25 bits per heavy atom. The number of amides is 2. The van der Waals surface area contributed by atoms with Gasteiger partial charge in [-0.15, -0.1) is 6.58 Å². The molecule has 1 saturated heterocycles. The summed E-state index contributed by atoms with van der Waals surface area (Å²) in [5, 5.41) is 0. The van der Waals surface area contributed by atoms with E-state index in [9.17, 15) is 14.4 Å². The van der Waals surface area contributed by atoms with E-state index in [1.54, 1.807) is 6.08 Å². The van der Waals surface area contributed by atoms with E-state index < -0.39 is 23.9 Å². The van der Waals surface area contributed by atoms with Gasteiger partial charge in [0, 0.05) is 0 Å². The van der Waals surface area contributed by atoms with Crippen molar-refractivity contribution in [3.05, 3.63) is 12.7 Å². The van der Waals surface area contributed by atoms with Crippen LogP contribution in [0.2, 0.25) is 0 Å². The molecule has 2 rings (SSSR count). The lowest BCUT2D eigenvalue weighted by atomic mass is 9.83. The maximum absolute atomic E-state index is 12.5. The molecule has 1 aliphatic carbocycles. The second-order valence-corrected chi connectivity index (χ2v) is 5.10. The van der Waals surface area contributed by atoms with Crippen LogP contribution < -0.4 is 0 Å². The molecular weight excluding hydrogens is 262 g/mol. The normalized spacial score (nSPS) is 27.1. The van der Waals surface area contributed by atoms with Gasteiger partial charge in [-0.05, 0) is 24.7 Å². The Kier molecular flexibility index (Phi) is 4.42. The van der Waals surface area contributed by atoms with E-state index in [1.807, 2.05) is 0 Å². The summed E-state index contributed by atoms with van der Waals surface area (Å²) in [5.74, 6) is -2.11. The SMILES string of the molecule is C=C[C@H]1CCC[C@@H]1C(C(=O)OC)C(=O)N1CCOC1=O. The second kappa shape index (κ2) is 6.07. The number of cyclic esters (lactones) is 1. The zero-order chi connectivity index (χ0) is 14.7. The van der Waals surface area contributed by atoms with Crippen LogP contribution in [0.4, 0.5) is 4.79 Å². The molecule has 6 heteroatoms. The summed E-state index contributed by atoms with van der Waals surface area (Å²) in [5.41, 5.74) is 0. The van der Waals surface area contributed by atoms with E-state index in [1.165, 1.54) is 7.11 Å². The van der Waals surface area contributed by atoms with E-state index in [2.05, 4.69) is 6.58 Å². The third-order valence-corrected chi connectivity index (χ3v) is 4.10. The number of methoxy groups -OCH3 is 1. The topological polar surface area (TPSA) is 72.9 Å². The van der Waals surface area contributed by atoms with E-state index in [0.29, 0.717) is 0 Å². The van der Waals surface area contributed by atoms with Gasteiger partial charge in [-0.1, -0.05) is 12.5 Å². The number of hydrogen-bond donors (Lipinski definition) is 0. The molecule has 0 aromatic rings. The first-order valence-electron chi connectivity index (χ1n) is 6.78. The van der Waals surface area contributed by atoms with E-state index in [-0.39, 0.29) is 25.0 Å². The minimum Gasteiger partial charge on any atom is -0.468 e. The molecule has 1 aliphatic heterocycles. The maximum Gasteiger partial charge on any atom is 0.416 e. The molecule has 2 fully saturated rings. The summed E-state index contributed by atoms with van der Waals surface area (Å²) in [7, 11) is 1.25. The van der Waals surface area contributed by atoms with Gasteiger partial charge in [-0.2, -0.15) is 0 Å². The lowest BCUT2D eigenvalue weighted by Crippen LogP contribution is -2.44. The fraction of sp³-hybridized carbons (Fsp3) is 0.643. The molecule has 0 aromatic heterocycles. The van der Waals surface area contributed by atoms with Gasteiger partial charge in [0.05, 0.1) is 13.7 Å². The van der Waals surface area contributed by atoms with Crippen molar-refractivity contribution in [1.82, 2.24) is 4.90 Å². The fourth-order valence-electron chi connectivity index (χ4n) is 3.07. The summed E-state index contributed by atoms with van der Waals surface area (Å²) >= 11 is 0. The summed E-state index contributed by atoms with van der Waals surface area (Å²) in [6.45, 7) is 4.13. The molecule has 0 aromatic carbocycles. The monoisotopic (exact) mass is 281 g/mol. The van der Waals surface area contributed by atoms with Gasteiger partial charge in [-0.3, -0.25) is 9.59 Å². The van der Waals surface area contributed by atoms with Crippen LogP contribution in [-0.4, -0.2) is 43.1 Å². The van der Waals surface area contributed by atoms with Gasteiger partial charge >= 0.3 is 12.1 Å². The lowest BCUT2D eigenvalue weighted by molar-refractivity contribution is -0.155. The minimum atomic E-state index is -0.948. The number of imide groups is 1. The number of allylic oxidation sites excluding steroid dienone is 1. The van der Waals surface area contributed by atoms with Gasteiger partial charge in [0.15, 0.2) is 0 Å². The molecule has 0 bridgehead atoms. The molecule has 0 radical (unpaired) electrons. The minimum absolute atomic E-state index is 0.0988. The third kappa shape index (κ3) is 2.55. The van der Waals surface area contributed by atoms with Crippen LogP contribution in [-0.2, 0) is 19.1 Å². The number of rotatable bonds is 4. The van der Waals surface area contributed by atoms with Crippen molar-refractivity contribution >= 4 is 18.0 Å². The Balaban J connectivity index is 2.23. The molecule has 2 amide bonds. The van der Waals surface area contributed by atoms with Crippen LogP contribution in [0, 0.1) is 17.8 Å². The standard InChI is InChI=1S/C14H19NO5/c1-3-9-5-4-6-10(9)11(13(17)19-2)12(16)15-7-8-20-14(15)18/h3,9-11H,1,4-8H2,2H3/t9-,10-,11?/m0/s1. The third-order valence-electron chi connectivity index (χ3n) is 4.10. The Morgan fingerprint density at radius 1 is 1.50 bits per heavy atom. The first-order chi connectivity index (χ1) is 9.60. The summed E-state index contributed by atoms with van der Waals surface area (Å²) in [6.07, 6.45) is 3.69. The fourth-order valence-corrected chi connectivity index (χ4v) is 3.07. The van der Waals surface area contributed by atoms with E-state index in [4.69, 9.17) is 9.47 Å². The summed E-state index contributed by atoms with van der Waals surface area (Å²) < 4.78 is 9.52. The first-order valence-corrected chi connectivity index (χ1v) is 6.78. The van der Waals surface area contributed by atoms with Crippen molar-refractivity contribution in [2.75, 3.05) is 20.3 Å². The van der Waals surface area contributed by atoms with Crippen LogP contribution in [0.5, 0.6) is 0 Å². The molecule has 3 atom stereocenters. The highest BCUT2D eigenvalue weighted by Gasteiger charge is 2.45. The Morgan fingerprint density at radius 3 is 2.80 bits per heavy atom. The molecule has 0 spiro atoms. The number of carbonyl (C=O) groups is 3. The molecule has 6 nitrogen and oxygen atoms in total. The number of nitrogens with zero attached hydrogens (tertiary/aromatic N) is 1. The summed E-state index contributed by atoms with van der Waals surface area (Å²) in [6, 6.07) is 0. The van der Waals surface area contributed by atoms with Crippen LogP contribution in [0.15, 0.2) is 12.7 Å². The highest BCUT2D eigenvalue weighted by Crippen LogP contribution is 2.39. The number of hydrogen-bond acceptors (Lipinski definition) is 5. The Hall–Kier alpha value is -1.85. The van der Waals surface area contributed by atoms with Crippen molar-refractivity contribution < 1.29 is 23.9 Å². The van der Waals surface area contributed by atoms with Crippen molar-refractivity contribution in [3.63, 3.8) is 0 Å².